The van der Waals surface area contributed by atoms with Crippen LogP contribution >= 0.6 is 23.2 Å². The summed E-state index contributed by atoms with van der Waals surface area (Å²) >= 11 is 12.2. The lowest BCUT2D eigenvalue weighted by Crippen LogP contribution is -2.38. The summed E-state index contributed by atoms with van der Waals surface area (Å²) in [6, 6.07) is 2.58. The molecule has 0 unspecified atom stereocenters. The largest absolute Gasteiger partial charge is 0.394 e. The van der Waals surface area contributed by atoms with Crippen molar-refractivity contribution in [3.05, 3.63) is 34.2 Å². The number of benzene rings is 1. The Balaban J connectivity index is 1.58. The third kappa shape index (κ3) is 4.39. The molecular formula is C23H26Cl2FN7O2. The molecule has 3 aromatic rings. The van der Waals surface area contributed by atoms with Crippen molar-refractivity contribution in [1.82, 2.24) is 19.5 Å². The van der Waals surface area contributed by atoms with Crippen molar-refractivity contribution in [3.63, 3.8) is 0 Å². The SMILES string of the molecule is CN(c1ncc2nc(Nc3c(F)cc(Cl)cc3Cl)n(C3CCC(C(N)=O)CC3)c2n1)C1(CO)CC1. The lowest BCUT2D eigenvalue weighted by Gasteiger charge is -2.29. The van der Waals surface area contributed by atoms with Crippen LogP contribution in [-0.2, 0) is 4.79 Å². The Kier molecular flexibility index (Phi) is 6.23. The van der Waals surface area contributed by atoms with Gasteiger partial charge in [0.05, 0.1) is 29.1 Å². The topological polar surface area (TPSA) is 122 Å². The predicted molar refractivity (Wildman–Crippen MR) is 133 cm³/mol. The minimum absolute atomic E-state index is 0.0163. The van der Waals surface area contributed by atoms with Crippen molar-refractivity contribution in [1.29, 1.82) is 0 Å². The molecule has 12 heteroatoms. The van der Waals surface area contributed by atoms with Crippen LogP contribution in [0.3, 0.4) is 0 Å². The highest BCUT2D eigenvalue weighted by Crippen LogP contribution is 2.43. The highest BCUT2D eigenvalue weighted by Gasteiger charge is 2.47. The summed E-state index contributed by atoms with van der Waals surface area (Å²) in [6.45, 7) is 0.0163. The molecule has 0 saturated heterocycles. The van der Waals surface area contributed by atoms with Gasteiger partial charge in [-0.15, -0.1) is 0 Å². The first-order valence-corrected chi connectivity index (χ1v) is 12.3. The van der Waals surface area contributed by atoms with Crippen LogP contribution in [0.25, 0.3) is 11.2 Å². The normalized spacial score (nSPS) is 21.2. The lowest BCUT2D eigenvalue weighted by atomic mass is 9.85. The zero-order valence-electron chi connectivity index (χ0n) is 19.1. The molecule has 1 amide bonds. The predicted octanol–water partition coefficient (Wildman–Crippen LogP) is 4.19. The van der Waals surface area contributed by atoms with E-state index in [0.29, 0.717) is 48.7 Å². The first kappa shape index (κ1) is 24.0. The van der Waals surface area contributed by atoms with Gasteiger partial charge in [0.1, 0.15) is 11.3 Å². The summed E-state index contributed by atoms with van der Waals surface area (Å²) in [5, 5.41) is 13.2. The maximum atomic E-state index is 14.7. The number of imidazole rings is 1. The van der Waals surface area contributed by atoms with Crippen LogP contribution in [0, 0.1) is 11.7 Å². The summed E-state index contributed by atoms with van der Waals surface area (Å²) in [7, 11) is 1.87. The molecule has 0 spiro atoms. The number of halogens is 3. The Morgan fingerprint density at radius 2 is 2.00 bits per heavy atom. The minimum Gasteiger partial charge on any atom is -0.394 e. The number of fused-ring (bicyclic) bond motifs is 1. The summed E-state index contributed by atoms with van der Waals surface area (Å²) in [4.78, 5) is 27.5. The van der Waals surface area contributed by atoms with Gasteiger partial charge in [-0.2, -0.15) is 4.98 Å². The van der Waals surface area contributed by atoms with E-state index in [0.717, 1.165) is 12.8 Å². The third-order valence-electron chi connectivity index (χ3n) is 7.26. The van der Waals surface area contributed by atoms with E-state index >= 15 is 0 Å². The average Bonchev–Trinajstić information content (AvgIpc) is 3.55. The number of nitrogens with one attached hydrogen (secondary N) is 1. The van der Waals surface area contributed by atoms with Gasteiger partial charge < -0.3 is 21.1 Å². The number of aliphatic hydroxyl groups excluding tert-OH is 1. The second kappa shape index (κ2) is 9.07. The molecule has 1 aromatic carbocycles. The molecule has 4 N–H and O–H groups in total. The van der Waals surface area contributed by atoms with Gasteiger partial charge in [-0.25, -0.2) is 14.4 Å². The number of likely N-dealkylation sites (N-methyl/N-ethyl adjacent to an activating group) is 1. The van der Waals surface area contributed by atoms with Crippen molar-refractivity contribution in [2.24, 2.45) is 11.7 Å². The Morgan fingerprint density at radius 3 is 2.60 bits per heavy atom. The second-order valence-electron chi connectivity index (χ2n) is 9.40. The number of primary amides is 1. The molecule has 0 bridgehead atoms. The number of anilines is 3. The van der Waals surface area contributed by atoms with Gasteiger partial charge in [0.25, 0.3) is 0 Å². The first-order valence-electron chi connectivity index (χ1n) is 11.5. The number of nitrogens with zero attached hydrogens (tertiary/aromatic N) is 5. The molecule has 2 aliphatic rings. The molecule has 2 aromatic heterocycles. The fraction of sp³-hybridized carbons (Fsp3) is 0.478. The Bertz CT molecular complexity index is 1270. The quantitative estimate of drug-likeness (QED) is 0.425. The van der Waals surface area contributed by atoms with Gasteiger partial charge in [-0.1, -0.05) is 23.2 Å². The molecule has 2 saturated carbocycles. The van der Waals surface area contributed by atoms with Gasteiger partial charge in [0.2, 0.25) is 17.8 Å². The van der Waals surface area contributed by atoms with Crippen LogP contribution < -0.4 is 16.0 Å². The number of nitrogens with two attached hydrogens (primary N) is 1. The van der Waals surface area contributed by atoms with E-state index in [1.165, 1.54) is 12.1 Å². The summed E-state index contributed by atoms with van der Waals surface area (Å²) in [6.07, 6.45) is 5.98. The summed E-state index contributed by atoms with van der Waals surface area (Å²) in [5.41, 5.74) is 6.34. The number of aromatic nitrogens is 4. The number of carbonyl (C=O) groups excluding carboxylic acids is 1. The number of rotatable bonds is 7. The lowest BCUT2D eigenvalue weighted by molar-refractivity contribution is -0.122. The van der Waals surface area contributed by atoms with Crippen molar-refractivity contribution in [2.45, 2.75) is 50.1 Å². The zero-order valence-corrected chi connectivity index (χ0v) is 20.7. The Hall–Kier alpha value is -2.69. The average molecular weight is 522 g/mol. The van der Waals surface area contributed by atoms with Crippen molar-refractivity contribution in [2.75, 3.05) is 23.9 Å². The van der Waals surface area contributed by atoms with Gasteiger partial charge >= 0.3 is 0 Å². The first-order chi connectivity index (χ1) is 16.7. The van der Waals surface area contributed by atoms with Crippen LogP contribution in [0.4, 0.5) is 22.0 Å². The molecule has 35 heavy (non-hydrogen) atoms. The second-order valence-corrected chi connectivity index (χ2v) is 10.2. The molecule has 9 nitrogen and oxygen atoms in total. The van der Waals surface area contributed by atoms with E-state index in [2.05, 4.69) is 15.3 Å². The number of amides is 1. The Morgan fingerprint density at radius 1 is 1.29 bits per heavy atom. The fourth-order valence-electron chi connectivity index (χ4n) is 4.83. The van der Waals surface area contributed by atoms with Crippen LogP contribution in [0.1, 0.15) is 44.6 Å². The maximum absolute atomic E-state index is 14.7. The fourth-order valence-corrected chi connectivity index (χ4v) is 5.34. The molecule has 186 valence electrons. The van der Waals surface area contributed by atoms with Crippen molar-refractivity contribution >= 4 is 57.9 Å². The van der Waals surface area contributed by atoms with Gasteiger partial charge in [-0.05, 0) is 50.7 Å². The van der Waals surface area contributed by atoms with Crippen molar-refractivity contribution in [3.8, 4) is 0 Å². The molecular weight excluding hydrogens is 496 g/mol. The monoisotopic (exact) mass is 521 g/mol. The zero-order chi connectivity index (χ0) is 24.9. The van der Waals surface area contributed by atoms with E-state index in [1.807, 2.05) is 16.5 Å². The van der Waals surface area contributed by atoms with Gasteiger partial charge in [-0.3, -0.25) is 9.36 Å². The third-order valence-corrected chi connectivity index (χ3v) is 7.78. The Labute approximate surface area is 211 Å². The highest BCUT2D eigenvalue weighted by molar-refractivity contribution is 6.36. The van der Waals surface area contributed by atoms with Crippen molar-refractivity contribution < 1.29 is 14.3 Å². The molecule has 2 heterocycles. The minimum atomic E-state index is -0.608. The summed E-state index contributed by atoms with van der Waals surface area (Å²) in [5.74, 6) is -0.238. The summed E-state index contributed by atoms with van der Waals surface area (Å²) < 4.78 is 16.7. The number of hydrogen-bond donors (Lipinski definition) is 3. The van der Waals surface area contributed by atoms with Crippen LogP contribution in [0.5, 0.6) is 0 Å². The molecule has 0 atom stereocenters. The van der Waals surface area contributed by atoms with E-state index < -0.39 is 5.82 Å². The standard InChI is InChI=1S/C23H26Cl2FN7O2/c1-32(23(11-34)6-7-23)21-28-10-17-20(31-21)33(14-4-2-12(3-5-14)19(27)35)22(29-17)30-18-15(25)8-13(24)9-16(18)26/h8-10,12,14,34H,2-7,11H2,1H3,(H2,27,35)(H,29,30). The van der Waals surface area contributed by atoms with Gasteiger partial charge in [0, 0.05) is 24.0 Å². The van der Waals surface area contributed by atoms with E-state index in [1.54, 1.807) is 6.20 Å². The highest BCUT2D eigenvalue weighted by atomic mass is 35.5. The van der Waals surface area contributed by atoms with Gasteiger partial charge in [0.15, 0.2) is 5.65 Å². The number of hydrogen-bond acceptors (Lipinski definition) is 7. The van der Waals surface area contributed by atoms with E-state index in [9.17, 15) is 14.3 Å². The number of carbonyl (C=O) groups is 1. The van der Waals surface area contributed by atoms with E-state index in [4.69, 9.17) is 33.9 Å². The molecule has 0 radical (unpaired) electrons. The smallest absolute Gasteiger partial charge is 0.227 e. The van der Waals surface area contributed by atoms with Crippen LogP contribution in [0.15, 0.2) is 18.3 Å². The number of aliphatic hydroxyl groups is 1. The maximum Gasteiger partial charge on any atom is 0.227 e. The molecule has 2 fully saturated rings. The molecule has 0 aliphatic heterocycles. The van der Waals surface area contributed by atoms with E-state index in [-0.39, 0.29) is 45.7 Å². The molecule has 5 rings (SSSR count). The van der Waals surface area contributed by atoms with Crippen LogP contribution in [-0.4, -0.2) is 49.7 Å². The molecule has 2 aliphatic carbocycles. The van der Waals surface area contributed by atoms with Crippen LogP contribution in [0.2, 0.25) is 10.0 Å².